The number of carbonyl (C=O) groups excluding carboxylic acids is 1. The van der Waals surface area contributed by atoms with Gasteiger partial charge in [0.15, 0.2) is 0 Å². The van der Waals surface area contributed by atoms with E-state index < -0.39 is 29.9 Å². The number of fused-ring (bicyclic) bond motifs is 1. The van der Waals surface area contributed by atoms with Crippen LogP contribution < -0.4 is 16.2 Å². The number of carbonyl (C=O) groups is 1. The van der Waals surface area contributed by atoms with Crippen molar-refractivity contribution in [3.05, 3.63) is 65.2 Å². The SMILES string of the molecule is Cn1c(C(=O)NCc2ccccc2F)cc2ccc(C3CNNC3C(F)(F)F)nc21. The molecule has 0 aliphatic carbocycles. The standard InChI is InChI=1S/C20H19F4N5O/c1-29-16(19(30)25-9-12-4-2-3-5-14(12)21)8-11-6-7-15(27-18(11)29)13-10-26-28-17(13)20(22,23)24/h2-8,13,17,26,28H,9-10H2,1H3,(H,25,30). The highest BCUT2D eigenvalue weighted by atomic mass is 19.4. The summed E-state index contributed by atoms with van der Waals surface area (Å²) in [5, 5.41) is 3.28. The average Bonchev–Trinajstić information content (AvgIpc) is 3.32. The molecule has 3 aromatic rings. The molecule has 2 aromatic heterocycles. The normalized spacial score (nSPS) is 19.4. The Labute approximate surface area is 169 Å². The van der Waals surface area contributed by atoms with Crippen molar-refractivity contribution in [1.82, 2.24) is 25.7 Å². The second kappa shape index (κ2) is 7.69. The first-order valence-electron chi connectivity index (χ1n) is 9.29. The third kappa shape index (κ3) is 3.75. The van der Waals surface area contributed by atoms with Crippen LogP contribution in [0.1, 0.15) is 27.7 Å². The molecule has 3 heterocycles. The number of hydrazine groups is 1. The topological polar surface area (TPSA) is 71.0 Å². The van der Waals surface area contributed by atoms with Crippen LogP contribution in [0.3, 0.4) is 0 Å². The summed E-state index contributed by atoms with van der Waals surface area (Å²) in [7, 11) is 1.61. The summed E-state index contributed by atoms with van der Waals surface area (Å²) in [5.74, 6) is -1.74. The van der Waals surface area contributed by atoms with Gasteiger partial charge in [-0.2, -0.15) is 13.2 Å². The predicted octanol–water partition coefficient (Wildman–Crippen LogP) is 2.76. The molecule has 2 atom stereocenters. The Morgan fingerprint density at radius 2 is 2.03 bits per heavy atom. The van der Waals surface area contributed by atoms with Gasteiger partial charge in [-0.3, -0.25) is 10.2 Å². The largest absolute Gasteiger partial charge is 0.405 e. The minimum Gasteiger partial charge on any atom is -0.347 e. The Kier molecular flexibility index (Phi) is 5.20. The minimum atomic E-state index is -4.42. The van der Waals surface area contributed by atoms with E-state index in [4.69, 9.17) is 0 Å². The second-order valence-corrected chi connectivity index (χ2v) is 7.16. The summed E-state index contributed by atoms with van der Waals surface area (Å²) in [6, 6.07) is 9.18. The van der Waals surface area contributed by atoms with Crippen LogP contribution in [0.5, 0.6) is 0 Å². The predicted molar refractivity (Wildman–Crippen MR) is 102 cm³/mol. The number of hydrogen-bond acceptors (Lipinski definition) is 4. The Bertz CT molecular complexity index is 1090. The van der Waals surface area contributed by atoms with Crippen molar-refractivity contribution in [3.63, 3.8) is 0 Å². The molecule has 10 heteroatoms. The van der Waals surface area contributed by atoms with E-state index in [-0.39, 0.29) is 24.5 Å². The van der Waals surface area contributed by atoms with Crippen LogP contribution in [0.4, 0.5) is 17.6 Å². The molecule has 1 aliphatic heterocycles. The fourth-order valence-corrected chi connectivity index (χ4v) is 3.63. The van der Waals surface area contributed by atoms with E-state index >= 15 is 0 Å². The van der Waals surface area contributed by atoms with Crippen LogP contribution >= 0.6 is 0 Å². The van der Waals surface area contributed by atoms with Gasteiger partial charge in [0.1, 0.15) is 23.2 Å². The number of hydrogen-bond donors (Lipinski definition) is 3. The van der Waals surface area contributed by atoms with Crippen LogP contribution in [0.25, 0.3) is 11.0 Å². The van der Waals surface area contributed by atoms with Gasteiger partial charge in [-0.25, -0.2) is 14.8 Å². The number of rotatable bonds is 4. The molecule has 1 saturated heterocycles. The maximum Gasteiger partial charge on any atom is 0.405 e. The van der Waals surface area contributed by atoms with Crippen molar-refractivity contribution in [2.24, 2.45) is 7.05 Å². The molecule has 3 N–H and O–H groups in total. The third-order valence-corrected chi connectivity index (χ3v) is 5.24. The quantitative estimate of drug-likeness (QED) is 0.567. The highest BCUT2D eigenvalue weighted by Gasteiger charge is 2.48. The van der Waals surface area contributed by atoms with Gasteiger partial charge in [-0.05, 0) is 24.3 Å². The molecule has 6 nitrogen and oxygen atoms in total. The summed E-state index contributed by atoms with van der Waals surface area (Å²) >= 11 is 0. The van der Waals surface area contributed by atoms with Crippen LogP contribution in [0, 0.1) is 5.82 Å². The number of amides is 1. The number of alkyl halides is 3. The van der Waals surface area contributed by atoms with Crippen LogP contribution in [0.15, 0.2) is 42.5 Å². The van der Waals surface area contributed by atoms with Crippen LogP contribution in [-0.2, 0) is 13.6 Å². The van der Waals surface area contributed by atoms with Crippen LogP contribution in [0.2, 0.25) is 0 Å². The number of pyridine rings is 1. The van der Waals surface area contributed by atoms with Gasteiger partial charge in [0.25, 0.3) is 5.91 Å². The van der Waals surface area contributed by atoms with E-state index in [0.717, 1.165) is 0 Å². The molecule has 158 valence electrons. The number of halogens is 4. The summed E-state index contributed by atoms with van der Waals surface area (Å²) in [6.45, 7) is 0.0987. The zero-order chi connectivity index (χ0) is 21.5. The zero-order valence-corrected chi connectivity index (χ0v) is 15.9. The van der Waals surface area contributed by atoms with Gasteiger partial charge in [-0.1, -0.05) is 18.2 Å². The summed E-state index contributed by atoms with van der Waals surface area (Å²) < 4.78 is 55.0. The lowest BCUT2D eigenvalue weighted by Gasteiger charge is -2.20. The number of nitrogens with zero attached hydrogens (tertiary/aromatic N) is 2. The summed E-state index contributed by atoms with van der Waals surface area (Å²) in [6.07, 6.45) is -4.42. The molecule has 0 radical (unpaired) electrons. The first kappa shape index (κ1) is 20.3. The van der Waals surface area contributed by atoms with Crippen LogP contribution in [-0.4, -0.2) is 34.2 Å². The number of aryl methyl sites for hydroxylation is 1. The van der Waals surface area contributed by atoms with E-state index in [1.54, 1.807) is 43.4 Å². The highest BCUT2D eigenvalue weighted by molar-refractivity contribution is 5.97. The summed E-state index contributed by atoms with van der Waals surface area (Å²) in [5.41, 5.74) is 6.10. The van der Waals surface area contributed by atoms with Gasteiger partial charge in [-0.15, -0.1) is 0 Å². The van der Waals surface area contributed by atoms with Crippen molar-refractivity contribution in [1.29, 1.82) is 0 Å². The Hall–Kier alpha value is -2.98. The maximum absolute atomic E-state index is 13.7. The molecule has 1 fully saturated rings. The molecule has 1 amide bonds. The van der Waals surface area contributed by atoms with Crippen molar-refractivity contribution in [2.45, 2.75) is 24.7 Å². The lowest BCUT2D eigenvalue weighted by Crippen LogP contribution is -2.43. The molecule has 4 rings (SSSR count). The molecule has 1 aromatic carbocycles. The smallest absolute Gasteiger partial charge is 0.347 e. The highest BCUT2D eigenvalue weighted by Crippen LogP contribution is 2.33. The van der Waals surface area contributed by atoms with Gasteiger partial charge >= 0.3 is 6.18 Å². The minimum absolute atomic E-state index is 0.0123. The first-order chi connectivity index (χ1) is 14.3. The fourth-order valence-electron chi connectivity index (χ4n) is 3.63. The molecule has 0 spiro atoms. The monoisotopic (exact) mass is 421 g/mol. The maximum atomic E-state index is 13.7. The van der Waals surface area contributed by atoms with Gasteiger partial charge in [0.05, 0.1) is 0 Å². The van der Waals surface area contributed by atoms with Gasteiger partial charge in [0, 0.05) is 42.7 Å². The molecule has 30 heavy (non-hydrogen) atoms. The van der Waals surface area contributed by atoms with E-state index in [0.29, 0.717) is 16.6 Å². The molecule has 0 saturated carbocycles. The van der Waals surface area contributed by atoms with E-state index in [1.807, 2.05) is 0 Å². The Morgan fingerprint density at radius 3 is 2.77 bits per heavy atom. The summed E-state index contributed by atoms with van der Waals surface area (Å²) in [4.78, 5) is 17.0. The lowest BCUT2D eigenvalue weighted by atomic mass is 9.97. The number of aromatic nitrogens is 2. The molecular weight excluding hydrogens is 402 g/mol. The zero-order valence-electron chi connectivity index (χ0n) is 15.9. The lowest BCUT2D eigenvalue weighted by molar-refractivity contribution is -0.156. The second-order valence-electron chi connectivity index (χ2n) is 7.16. The van der Waals surface area contributed by atoms with Gasteiger partial charge < -0.3 is 9.88 Å². The molecule has 0 bridgehead atoms. The number of nitrogens with one attached hydrogen (secondary N) is 3. The molecule has 1 aliphatic rings. The van der Waals surface area contributed by atoms with Crippen molar-refractivity contribution in [2.75, 3.05) is 6.54 Å². The molecular formula is C20H19F4N5O. The van der Waals surface area contributed by atoms with Crippen molar-refractivity contribution >= 4 is 16.9 Å². The average molecular weight is 421 g/mol. The van der Waals surface area contributed by atoms with Crippen molar-refractivity contribution < 1.29 is 22.4 Å². The van der Waals surface area contributed by atoms with E-state index in [9.17, 15) is 22.4 Å². The van der Waals surface area contributed by atoms with Gasteiger partial charge in [0.2, 0.25) is 0 Å². The van der Waals surface area contributed by atoms with Crippen molar-refractivity contribution in [3.8, 4) is 0 Å². The third-order valence-electron chi connectivity index (χ3n) is 5.24. The Morgan fingerprint density at radius 1 is 1.27 bits per heavy atom. The van der Waals surface area contributed by atoms with E-state index in [2.05, 4.69) is 21.2 Å². The number of benzene rings is 1. The fraction of sp³-hybridized carbons (Fsp3) is 0.300. The molecule has 2 unspecified atom stereocenters. The Balaban J connectivity index is 1.58. The first-order valence-corrected chi connectivity index (χ1v) is 9.29. The van der Waals surface area contributed by atoms with E-state index in [1.165, 1.54) is 10.6 Å².